The van der Waals surface area contributed by atoms with Gasteiger partial charge in [-0.15, -0.1) is 0 Å². The molecule has 0 unspecified atom stereocenters. The molecular weight excluding hydrogens is 326 g/mol. The topological polar surface area (TPSA) is 81.7 Å². The average molecular weight is 338 g/mol. The van der Waals surface area contributed by atoms with Crippen LogP contribution in [0, 0.1) is 22.7 Å². The summed E-state index contributed by atoms with van der Waals surface area (Å²) in [5.41, 5.74) is 1.30. The van der Waals surface area contributed by atoms with Crippen molar-refractivity contribution < 1.29 is 18.4 Å². The number of halogens is 2. The molecule has 0 fully saturated rings. The Morgan fingerprint density at radius 2 is 1.08 bits per heavy atom. The SMILES string of the molecule is N#Cc1ccc(CC(=O)C(F)(F)C(=O)Cc2ccc(C#N)cc2)cc1. The van der Waals surface area contributed by atoms with Gasteiger partial charge in [-0.25, -0.2) is 0 Å². The fourth-order valence-corrected chi connectivity index (χ4v) is 2.14. The van der Waals surface area contributed by atoms with Crippen molar-refractivity contribution in [2.75, 3.05) is 0 Å². The number of nitrogens with zero attached hydrogens (tertiary/aromatic N) is 2. The van der Waals surface area contributed by atoms with E-state index in [-0.39, 0.29) is 0 Å². The fraction of sp³-hybridized carbons (Fsp3) is 0.158. The van der Waals surface area contributed by atoms with Gasteiger partial charge >= 0.3 is 5.92 Å². The first-order chi connectivity index (χ1) is 11.9. The van der Waals surface area contributed by atoms with Gasteiger partial charge in [-0.2, -0.15) is 19.3 Å². The van der Waals surface area contributed by atoms with Crippen molar-refractivity contribution in [3.63, 3.8) is 0 Å². The normalized spacial score (nSPS) is 10.6. The first-order valence-electron chi connectivity index (χ1n) is 7.29. The number of ketones is 2. The molecule has 0 aliphatic rings. The summed E-state index contributed by atoms with van der Waals surface area (Å²) < 4.78 is 28.1. The largest absolute Gasteiger partial charge is 0.363 e. The Hall–Kier alpha value is -3.38. The van der Waals surface area contributed by atoms with Gasteiger partial charge in [-0.3, -0.25) is 9.59 Å². The Kier molecular flexibility index (Phi) is 5.36. The van der Waals surface area contributed by atoms with Gasteiger partial charge in [0.1, 0.15) is 0 Å². The number of carbonyl (C=O) groups is 2. The van der Waals surface area contributed by atoms with E-state index in [0.29, 0.717) is 22.3 Å². The van der Waals surface area contributed by atoms with Gasteiger partial charge in [0.2, 0.25) is 11.6 Å². The first-order valence-corrected chi connectivity index (χ1v) is 7.29. The Balaban J connectivity index is 2.06. The van der Waals surface area contributed by atoms with E-state index in [4.69, 9.17) is 10.5 Å². The van der Waals surface area contributed by atoms with Crippen LogP contribution in [0.4, 0.5) is 8.78 Å². The second-order valence-corrected chi connectivity index (χ2v) is 5.39. The molecule has 0 bridgehead atoms. The molecule has 0 aromatic heterocycles. The smallest absolute Gasteiger partial charge is 0.292 e. The van der Waals surface area contributed by atoms with Crippen molar-refractivity contribution in [3.8, 4) is 12.1 Å². The Labute approximate surface area is 142 Å². The van der Waals surface area contributed by atoms with Crippen LogP contribution in [0.2, 0.25) is 0 Å². The van der Waals surface area contributed by atoms with Crippen molar-refractivity contribution in [1.82, 2.24) is 0 Å². The molecule has 25 heavy (non-hydrogen) atoms. The van der Waals surface area contributed by atoms with E-state index < -0.39 is 30.3 Å². The minimum Gasteiger partial charge on any atom is -0.292 e. The van der Waals surface area contributed by atoms with Gasteiger partial charge in [0.05, 0.1) is 23.3 Å². The molecule has 0 saturated heterocycles. The molecule has 0 aliphatic carbocycles. The highest BCUT2D eigenvalue weighted by atomic mass is 19.3. The maximum absolute atomic E-state index is 14.1. The van der Waals surface area contributed by atoms with Crippen LogP contribution < -0.4 is 0 Å². The van der Waals surface area contributed by atoms with Crippen molar-refractivity contribution in [3.05, 3.63) is 70.8 Å². The second kappa shape index (κ2) is 7.46. The zero-order valence-corrected chi connectivity index (χ0v) is 13.0. The van der Waals surface area contributed by atoms with E-state index in [9.17, 15) is 18.4 Å². The van der Waals surface area contributed by atoms with Crippen molar-refractivity contribution >= 4 is 11.6 Å². The molecule has 0 N–H and O–H groups in total. The zero-order chi connectivity index (χ0) is 18.4. The van der Waals surface area contributed by atoms with E-state index >= 15 is 0 Å². The van der Waals surface area contributed by atoms with Crippen LogP contribution in [0.5, 0.6) is 0 Å². The lowest BCUT2D eigenvalue weighted by atomic mass is 9.97. The highest BCUT2D eigenvalue weighted by Gasteiger charge is 2.45. The number of hydrogen-bond donors (Lipinski definition) is 0. The molecule has 4 nitrogen and oxygen atoms in total. The lowest BCUT2D eigenvalue weighted by Gasteiger charge is -2.14. The van der Waals surface area contributed by atoms with E-state index in [0.717, 1.165) is 0 Å². The van der Waals surface area contributed by atoms with Crippen LogP contribution in [0.15, 0.2) is 48.5 Å². The van der Waals surface area contributed by atoms with Crippen molar-refractivity contribution in [2.24, 2.45) is 0 Å². The Bertz CT molecular complexity index is 800. The quantitative estimate of drug-likeness (QED) is 0.758. The van der Waals surface area contributed by atoms with Crippen LogP contribution >= 0.6 is 0 Å². The molecule has 0 radical (unpaired) electrons. The molecule has 0 aliphatic heterocycles. The summed E-state index contributed by atoms with van der Waals surface area (Å²) in [5, 5.41) is 17.4. The van der Waals surface area contributed by atoms with Crippen molar-refractivity contribution in [2.45, 2.75) is 18.8 Å². The van der Waals surface area contributed by atoms with E-state index in [2.05, 4.69) is 0 Å². The van der Waals surface area contributed by atoms with Crippen molar-refractivity contribution in [1.29, 1.82) is 10.5 Å². The molecule has 2 aromatic carbocycles. The lowest BCUT2D eigenvalue weighted by Crippen LogP contribution is -2.40. The molecule has 0 atom stereocenters. The minimum atomic E-state index is -4.10. The number of nitriles is 2. The molecule has 0 heterocycles. The molecule has 2 aromatic rings. The average Bonchev–Trinajstić information content (AvgIpc) is 2.62. The van der Waals surface area contributed by atoms with Crippen LogP contribution in [-0.4, -0.2) is 17.5 Å². The summed E-state index contributed by atoms with van der Waals surface area (Å²) in [6.07, 6.45) is -1.20. The van der Waals surface area contributed by atoms with Crippen LogP contribution in [0.25, 0.3) is 0 Å². The number of hydrogen-bond acceptors (Lipinski definition) is 4. The second-order valence-electron chi connectivity index (χ2n) is 5.39. The predicted octanol–water partition coefficient (Wildman–Crippen LogP) is 2.99. The number of carbonyl (C=O) groups excluding carboxylic acids is 2. The number of rotatable bonds is 6. The van der Waals surface area contributed by atoms with E-state index in [1.807, 2.05) is 12.1 Å². The van der Waals surface area contributed by atoms with Gasteiger partial charge in [-0.05, 0) is 35.4 Å². The summed E-state index contributed by atoms with van der Waals surface area (Å²) >= 11 is 0. The summed E-state index contributed by atoms with van der Waals surface area (Å²) in [4.78, 5) is 23.7. The third kappa shape index (κ3) is 4.33. The highest BCUT2D eigenvalue weighted by molar-refractivity contribution is 6.09. The van der Waals surface area contributed by atoms with Crippen LogP contribution in [-0.2, 0) is 22.4 Å². The van der Waals surface area contributed by atoms with Gasteiger partial charge in [0.25, 0.3) is 0 Å². The first kappa shape index (κ1) is 18.0. The minimum absolute atomic E-state index is 0.301. The lowest BCUT2D eigenvalue weighted by molar-refractivity contribution is -0.155. The van der Waals surface area contributed by atoms with Crippen LogP contribution in [0.3, 0.4) is 0 Å². The highest BCUT2D eigenvalue weighted by Crippen LogP contribution is 2.22. The van der Waals surface area contributed by atoms with Gasteiger partial charge in [0, 0.05) is 12.8 Å². The van der Waals surface area contributed by atoms with E-state index in [1.54, 1.807) is 0 Å². The monoisotopic (exact) mass is 338 g/mol. The third-order valence-corrected chi connectivity index (χ3v) is 3.60. The third-order valence-electron chi connectivity index (χ3n) is 3.60. The predicted molar refractivity (Wildman–Crippen MR) is 84.7 cm³/mol. The number of Topliss-reactive ketones (excluding diaryl/α,β-unsaturated/α-hetero) is 2. The molecule has 0 saturated carbocycles. The molecule has 124 valence electrons. The zero-order valence-electron chi connectivity index (χ0n) is 13.0. The Morgan fingerprint density at radius 3 is 1.36 bits per heavy atom. The van der Waals surface area contributed by atoms with Gasteiger partial charge in [0.15, 0.2) is 0 Å². The van der Waals surface area contributed by atoms with Crippen LogP contribution in [0.1, 0.15) is 22.3 Å². The number of benzene rings is 2. The summed E-state index contributed by atoms with van der Waals surface area (Å²) in [6.45, 7) is 0. The molecular formula is C19H12F2N2O2. The summed E-state index contributed by atoms with van der Waals surface area (Å²) in [5.74, 6) is -7.08. The van der Waals surface area contributed by atoms with Gasteiger partial charge < -0.3 is 0 Å². The molecule has 6 heteroatoms. The molecule has 0 spiro atoms. The molecule has 0 amide bonds. The van der Waals surface area contributed by atoms with Gasteiger partial charge in [-0.1, -0.05) is 24.3 Å². The number of alkyl halides is 2. The Morgan fingerprint density at radius 1 is 0.760 bits per heavy atom. The summed E-state index contributed by atoms with van der Waals surface area (Å²) in [7, 11) is 0. The standard InChI is InChI=1S/C19H12F2N2O2/c20-19(21,17(24)9-13-1-5-15(11-22)6-2-13)18(25)10-14-3-7-16(12-23)8-4-14/h1-8H,9-10H2. The maximum Gasteiger partial charge on any atom is 0.363 e. The summed E-state index contributed by atoms with van der Waals surface area (Å²) in [6, 6.07) is 15.0. The maximum atomic E-state index is 14.1. The molecule has 2 rings (SSSR count). The fourth-order valence-electron chi connectivity index (χ4n) is 2.14. The van der Waals surface area contributed by atoms with E-state index in [1.165, 1.54) is 48.5 Å².